The molecular weight excluding hydrogens is 390 g/mol. The lowest BCUT2D eigenvalue weighted by molar-refractivity contribution is 0.390. The van der Waals surface area contributed by atoms with Crippen LogP contribution >= 0.6 is 0 Å². The molecule has 0 saturated heterocycles. The maximum absolute atomic E-state index is 5.49. The standard InChI is InChI=1S/C24H31N5O2/c1-5-25-24(28-16-21-9-10-22(30-3)14-23(21)31-4)27-15-19-7-6-8-20(13-19)17-29-12-11-26-18(29)2/h6-14H,5,15-17H2,1-4H3,(H2,25,27,28). The highest BCUT2D eigenvalue weighted by atomic mass is 16.5. The minimum Gasteiger partial charge on any atom is -0.497 e. The second-order valence-corrected chi connectivity index (χ2v) is 7.15. The summed E-state index contributed by atoms with van der Waals surface area (Å²) in [5.41, 5.74) is 3.43. The summed E-state index contributed by atoms with van der Waals surface area (Å²) in [4.78, 5) is 9.04. The predicted molar refractivity (Wildman–Crippen MR) is 124 cm³/mol. The summed E-state index contributed by atoms with van der Waals surface area (Å²) < 4.78 is 12.9. The Morgan fingerprint density at radius 2 is 1.90 bits per heavy atom. The van der Waals surface area contributed by atoms with Crippen molar-refractivity contribution in [2.24, 2.45) is 4.99 Å². The Labute approximate surface area is 184 Å². The molecule has 0 saturated carbocycles. The fraction of sp³-hybridized carbons (Fsp3) is 0.333. The Morgan fingerprint density at radius 1 is 1.06 bits per heavy atom. The number of aryl methyl sites for hydroxylation is 1. The van der Waals surface area contributed by atoms with Crippen LogP contribution in [0.4, 0.5) is 0 Å². The van der Waals surface area contributed by atoms with Crippen LogP contribution in [-0.2, 0) is 19.6 Å². The minimum atomic E-state index is 0.589. The molecule has 3 aromatic rings. The summed E-state index contributed by atoms with van der Waals surface area (Å²) >= 11 is 0. The van der Waals surface area contributed by atoms with Crippen molar-refractivity contribution < 1.29 is 9.47 Å². The molecule has 0 unspecified atom stereocenters. The van der Waals surface area contributed by atoms with Gasteiger partial charge >= 0.3 is 0 Å². The number of imidazole rings is 1. The lowest BCUT2D eigenvalue weighted by atomic mass is 10.1. The van der Waals surface area contributed by atoms with Gasteiger partial charge in [0.1, 0.15) is 17.3 Å². The number of rotatable bonds is 9. The van der Waals surface area contributed by atoms with Gasteiger partial charge in [-0.15, -0.1) is 0 Å². The van der Waals surface area contributed by atoms with Gasteiger partial charge in [0, 0.05) is 43.7 Å². The highest BCUT2D eigenvalue weighted by Crippen LogP contribution is 2.24. The lowest BCUT2D eigenvalue weighted by Crippen LogP contribution is -2.36. The van der Waals surface area contributed by atoms with Crippen LogP contribution in [-0.4, -0.2) is 36.3 Å². The highest BCUT2D eigenvalue weighted by molar-refractivity contribution is 5.79. The summed E-state index contributed by atoms with van der Waals surface area (Å²) in [6, 6.07) is 14.3. The third-order valence-corrected chi connectivity index (χ3v) is 4.97. The van der Waals surface area contributed by atoms with Gasteiger partial charge in [-0.25, -0.2) is 9.98 Å². The molecule has 164 valence electrons. The largest absolute Gasteiger partial charge is 0.497 e. The van der Waals surface area contributed by atoms with Crippen molar-refractivity contribution in [3.8, 4) is 11.5 Å². The van der Waals surface area contributed by atoms with E-state index in [-0.39, 0.29) is 0 Å². The van der Waals surface area contributed by atoms with Crippen molar-refractivity contribution in [3.05, 3.63) is 77.4 Å². The van der Waals surface area contributed by atoms with E-state index in [4.69, 9.17) is 14.5 Å². The van der Waals surface area contributed by atoms with Crippen molar-refractivity contribution in [2.75, 3.05) is 20.8 Å². The zero-order valence-electron chi connectivity index (χ0n) is 18.7. The molecule has 0 fully saturated rings. The Morgan fingerprint density at radius 3 is 2.61 bits per heavy atom. The van der Waals surface area contributed by atoms with Crippen LogP contribution in [0.5, 0.6) is 11.5 Å². The van der Waals surface area contributed by atoms with Gasteiger partial charge in [-0.3, -0.25) is 0 Å². The summed E-state index contributed by atoms with van der Waals surface area (Å²) in [6.07, 6.45) is 3.83. The van der Waals surface area contributed by atoms with Gasteiger partial charge in [0.25, 0.3) is 0 Å². The van der Waals surface area contributed by atoms with Crippen LogP contribution in [0.1, 0.15) is 29.4 Å². The first-order chi connectivity index (χ1) is 15.1. The number of hydrogen-bond donors (Lipinski definition) is 2. The number of nitrogens with one attached hydrogen (secondary N) is 2. The van der Waals surface area contributed by atoms with Gasteiger partial charge in [0.15, 0.2) is 5.96 Å². The molecule has 1 aromatic heterocycles. The van der Waals surface area contributed by atoms with Gasteiger partial charge < -0.3 is 24.7 Å². The second kappa shape index (κ2) is 11.1. The fourth-order valence-corrected chi connectivity index (χ4v) is 3.28. The molecule has 1 heterocycles. The Bertz CT molecular complexity index is 1010. The van der Waals surface area contributed by atoms with E-state index in [9.17, 15) is 0 Å². The average molecular weight is 422 g/mol. The van der Waals surface area contributed by atoms with E-state index in [0.717, 1.165) is 47.5 Å². The number of aliphatic imine (C=N–C) groups is 1. The topological polar surface area (TPSA) is 72.7 Å². The maximum atomic E-state index is 5.49. The smallest absolute Gasteiger partial charge is 0.191 e. The van der Waals surface area contributed by atoms with Gasteiger partial charge in [-0.2, -0.15) is 0 Å². The summed E-state index contributed by atoms with van der Waals surface area (Å²) in [6.45, 7) is 6.84. The van der Waals surface area contributed by atoms with Crippen molar-refractivity contribution in [1.82, 2.24) is 20.2 Å². The van der Waals surface area contributed by atoms with Gasteiger partial charge in [-0.05, 0) is 37.1 Å². The van der Waals surface area contributed by atoms with E-state index in [1.165, 1.54) is 5.56 Å². The first kappa shape index (κ1) is 22.2. The van der Waals surface area contributed by atoms with E-state index in [2.05, 4.69) is 51.4 Å². The minimum absolute atomic E-state index is 0.589. The van der Waals surface area contributed by atoms with Gasteiger partial charge in [0.05, 0.1) is 20.8 Å². The van der Waals surface area contributed by atoms with E-state index < -0.39 is 0 Å². The number of hydrogen-bond acceptors (Lipinski definition) is 4. The van der Waals surface area contributed by atoms with Crippen molar-refractivity contribution in [1.29, 1.82) is 0 Å². The molecule has 0 amide bonds. The number of aromatic nitrogens is 2. The zero-order valence-corrected chi connectivity index (χ0v) is 18.7. The molecule has 0 bridgehead atoms. The van der Waals surface area contributed by atoms with Crippen molar-refractivity contribution >= 4 is 5.96 Å². The van der Waals surface area contributed by atoms with Crippen LogP contribution in [0.2, 0.25) is 0 Å². The second-order valence-electron chi connectivity index (χ2n) is 7.15. The molecular formula is C24H31N5O2. The van der Waals surface area contributed by atoms with E-state index >= 15 is 0 Å². The lowest BCUT2D eigenvalue weighted by Gasteiger charge is -2.14. The molecule has 3 rings (SSSR count). The zero-order chi connectivity index (χ0) is 22.1. The normalized spacial score (nSPS) is 11.3. The molecule has 7 nitrogen and oxygen atoms in total. The summed E-state index contributed by atoms with van der Waals surface area (Å²) in [5, 5.41) is 6.69. The van der Waals surface area contributed by atoms with Crippen molar-refractivity contribution in [3.63, 3.8) is 0 Å². The fourth-order valence-electron chi connectivity index (χ4n) is 3.28. The number of nitrogens with zero attached hydrogens (tertiary/aromatic N) is 3. The monoisotopic (exact) mass is 421 g/mol. The number of benzene rings is 2. The first-order valence-corrected chi connectivity index (χ1v) is 10.4. The number of guanidine groups is 1. The predicted octanol–water partition coefficient (Wildman–Crippen LogP) is 3.51. The molecule has 0 atom stereocenters. The van der Waals surface area contributed by atoms with Gasteiger partial charge in [-0.1, -0.05) is 24.3 Å². The third-order valence-electron chi connectivity index (χ3n) is 4.97. The van der Waals surface area contributed by atoms with E-state index in [1.54, 1.807) is 14.2 Å². The van der Waals surface area contributed by atoms with E-state index in [1.807, 2.05) is 37.5 Å². The molecule has 0 radical (unpaired) electrons. The summed E-state index contributed by atoms with van der Waals surface area (Å²) in [5.74, 6) is 3.32. The Balaban J connectivity index is 1.66. The molecule has 31 heavy (non-hydrogen) atoms. The molecule has 0 spiro atoms. The number of methoxy groups -OCH3 is 2. The molecule has 0 aliphatic carbocycles. The average Bonchev–Trinajstić information content (AvgIpc) is 3.20. The SMILES string of the molecule is CCNC(=NCc1cccc(Cn2ccnc2C)c1)NCc1ccc(OC)cc1OC. The molecule has 2 aromatic carbocycles. The molecule has 7 heteroatoms. The van der Waals surface area contributed by atoms with Crippen LogP contribution in [0.25, 0.3) is 0 Å². The van der Waals surface area contributed by atoms with Crippen LogP contribution in [0, 0.1) is 6.92 Å². The molecule has 0 aliphatic heterocycles. The van der Waals surface area contributed by atoms with Crippen LogP contribution in [0.3, 0.4) is 0 Å². The summed E-state index contributed by atoms with van der Waals surface area (Å²) in [7, 11) is 3.31. The third kappa shape index (κ3) is 6.25. The first-order valence-electron chi connectivity index (χ1n) is 10.4. The van der Waals surface area contributed by atoms with Crippen LogP contribution in [0.15, 0.2) is 59.9 Å². The van der Waals surface area contributed by atoms with Crippen molar-refractivity contribution in [2.45, 2.75) is 33.5 Å². The van der Waals surface area contributed by atoms with E-state index in [0.29, 0.717) is 13.1 Å². The highest BCUT2D eigenvalue weighted by Gasteiger charge is 2.07. The number of ether oxygens (including phenoxy) is 2. The Kier molecular flexibility index (Phi) is 7.92. The quantitative estimate of drug-likeness (QED) is 0.409. The Hall–Kier alpha value is -3.48. The van der Waals surface area contributed by atoms with Gasteiger partial charge in [0.2, 0.25) is 0 Å². The molecule has 0 aliphatic rings. The molecule has 2 N–H and O–H groups in total. The maximum Gasteiger partial charge on any atom is 0.191 e. The van der Waals surface area contributed by atoms with Crippen LogP contribution < -0.4 is 20.1 Å².